The van der Waals surface area contributed by atoms with Crippen molar-refractivity contribution in [3.8, 4) is 17.2 Å². The Bertz CT molecular complexity index is 1030. The minimum atomic E-state index is -0.476. The fraction of sp³-hybridized carbons (Fsp3) is 0.0556. The van der Waals surface area contributed by atoms with Crippen LogP contribution in [-0.4, -0.2) is 38.8 Å². The van der Waals surface area contributed by atoms with Crippen molar-refractivity contribution >= 4 is 17.9 Å². The first kappa shape index (κ1) is 17.2. The molecule has 0 saturated carbocycles. The van der Waals surface area contributed by atoms with Crippen molar-refractivity contribution in [2.75, 3.05) is 6.79 Å². The highest BCUT2D eigenvalue weighted by atomic mass is 16.7. The highest BCUT2D eigenvalue weighted by Gasteiger charge is 2.12. The number of fused-ring (bicyclic) bond motifs is 1. The van der Waals surface area contributed by atoms with Crippen LogP contribution in [0.4, 0.5) is 0 Å². The average molecular weight is 378 g/mol. The van der Waals surface area contributed by atoms with Gasteiger partial charge >= 0.3 is 0 Å². The predicted molar refractivity (Wildman–Crippen MR) is 96.4 cm³/mol. The van der Waals surface area contributed by atoms with E-state index in [2.05, 4.69) is 26.4 Å². The van der Waals surface area contributed by atoms with Gasteiger partial charge in [-0.25, -0.2) is 4.68 Å². The maximum absolute atomic E-state index is 12.1. The number of carbonyl (C=O) groups is 2. The van der Waals surface area contributed by atoms with E-state index in [1.165, 1.54) is 17.1 Å². The van der Waals surface area contributed by atoms with Gasteiger partial charge in [0.2, 0.25) is 6.79 Å². The number of aromatic nitrogens is 4. The Morgan fingerprint density at radius 1 is 1.04 bits per heavy atom. The van der Waals surface area contributed by atoms with E-state index < -0.39 is 11.8 Å². The first-order valence-corrected chi connectivity index (χ1v) is 8.20. The van der Waals surface area contributed by atoms with E-state index in [9.17, 15) is 9.59 Å². The molecule has 2 N–H and O–H groups in total. The van der Waals surface area contributed by atoms with Crippen LogP contribution in [0.15, 0.2) is 54.9 Å². The lowest BCUT2D eigenvalue weighted by molar-refractivity contribution is -0.117. The molecule has 1 aromatic heterocycles. The molecule has 0 unspecified atom stereocenters. The van der Waals surface area contributed by atoms with E-state index >= 15 is 0 Å². The molecule has 0 atom stereocenters. The number of rotatable bonds is 4. The number of hydrogen-bond acceptors (Lipinski definition) is 7. The summed E-state index contributed by atoms with van der Waals surface area (Å²) in [6.07, 6.45) is 4.35. The molecule has 1 aliphatic heterocycles. The molecule has 0 radical (unpaired) electrons. The Balaban J connectivity index is 1.31. The molecule has 28 heavy (non-hydrogen) atoms. The van der Waals surface area contributed by atoms with Crippen LogP contribution in [0.3, 0.4) is 0 Å². The van der Waals surface area contributed by atoms with Gasteiger partial charge in [0.15, 0.2) is 11.5 Å². The van der Waals surface area contributed by atoms with Crippen LogP contribution >= 0.6 is 0 Å². The van der Waals surface area contributed by atoms with Crippen LogP contribution in [0.5, 0.6) is 11.5 Å². The van der Waals surface area contributed by atoms with E-state index in [4.69, 9.17) is 9.47 Å². The molecule has 0 aliphatic carbocycles. The summed E-state index contributed by atoms with van der Waals surface area (Å²) in [5.74, 6) is 0.366. The van der Waals surface area contributed by atoms with E-state index in [0.29, 0.717) is 22.7 Å². The van der Waals surface area contributed by atoms with Gasteiger partial charge in [0.25, 0.3) is 11.8 Å². The third-order valence-corrected chi connectivity index (χ3v) is 3.87. The number of benzene rings is 2. The fourth-order valence-corrected chi connectivity index (χ4v) is 2.47. The molecular weight excluding hydrogens is 364 g/mol. The number of tetrazole rings is 1. The fourth-order valence-electron chi connectivity index (χ4n) is 2.47. The molecule has 0 bridgehead atoms. The van der Waals surface area contributed by atoms with Crippen molar-refractivity contribution in [1.82, 2.24) is 31.1 Å². The largest absolute Gasteiger partial charge is 0.454 e. The van der Waals surface area contributed by atoms with Gasteiger partial charge in [-0.1, -0.05) is 6.07 Å². The lowest BCUT2D eigenvalue weighted by Crippen LogP contribution is -2.40. The van der Waals surface area contributed by atoms with Crippen LogP contribution in [0.1, 0.15) is 15.9 Å². The minimum Gasteiger partial charge on any atom is -0.454 e. The van der Waals surface area contributed by atoms with E-state index in [0.717, 1.165) is 5.56 Å². The molecular formula is C18H14N6O4. The molecule has 2 aromatic carbocycles. The molecule has 10 nitrogen and oxygen atoms in total. The Morgan fingerprint density at radius 2 is 1.86 bits per heavy atom. The molecule has 1 aliphatic rings. The van der Waals surface area contributed by atoms with Crippen molar-refractivity contribution in [3.63, 3.8) is 0 Å². The first-order valence-electron chi connectivity index (χ1n) is 8.20. The third-order valence-electron chi connectivity index (χ3n) is 3.87. The van der Waals surface area contributed by atoms with Crippen molar-refractivity contribution in [2.24, 2.45) is 0 Å². The lowest BCUT2D eigenvalue weighted by Gasteiger charge is -2.06. The Hall–Kier alpha value is -4.21. The second-order valence-corrected chi connectivity index (χ2v) is 5.69. The maximum Gasteiger partial charge on any atom is 0.269 e. The van der Waals surface area contributed by atoms with E-state index in [1.807, 2.05) is 0 Å². The summed E-state index contributed by atoms with van der Waals surface area (Å²) in [6.45, 7) is 0.186. The predicted octanol–water partition coefficient (Wildman–Crippen LogP) is 0.865. The van der Waals surface area contributed by atoms with Crippen LogP contribution < -0.4 is 20.3 Å². The molecule has 2 heterocycles. The van der Waals surface area contributed by atoms with E-state index in [1.54, 1.807) is 48.5 Å². The van der Waals surface area contributed by atoms with Gasteiger partial charge in [0, 0.05) is 11.6 Å². The number of ether oxygens (including phenoxy) is 2. The lowest BCUT2D eigenvalue weighted by atomic mass is 10.2. The van der Waals surface area contributed by atoms with Gasteiger partial charge in [-0.3, -0.25) is 20.4 Å². The van der Waals surface area contributed by atoms with Crippen LogP contribution in [0, 0.1) is 0 Å². The minimum absolute atomic E-state index is 0.186. The van der Waals surface area contributed by atoms with Gasteiger partial charge < -0.3 is 9.47 Å². The third kappa shape index (κ3) is 3.80. The summed E-state index contributed by atoms with van der Waals surface area (Å²) in [5, 5.41) is 10.9. The molecule has 3 aromatic rings. The number of nitrogens with zero attached hydrogens (tertiary/aromatic N) is 4. The number of amides is 2. The highest BCUT2D eigenvalue weighted by molar-refractivity contribution is 5.98. The Labute approximate surface area is 158 Å². The Morgan fingerprint density at radius 3 is 2.64 bits per heavy atom. The van der Waals surface area contributed by atoms with Crippen molar-refractivity contribution in [1.29, 1.82) is 0 Å². The second-order valence-electron chi connectivity index (χ2n) is 5.69. The topological polar surface area (TPSA) is 120 Å². The molecule has 10 heteroatoms. The van der Waals surface area contributed by atoms with Gasteiger partial charge in [-0.15, -0.1) is 5.10 Å². The van der Waals surface area contributed by atoms with Gasteiger partial charge in [-0.05, 0) is 58.5 Å². The Kier molecular flexibility index (Phi) is 4.66. The van der Waals surface area contributed by atoms with Gasteiger partial charge in [0.1, 0.15) is 6.33 Å². The van der Waals surface area contributed by atoms with Crippen molar-refractivity contribution < 1.29 is 19.1 Å². The zero-order chi connectivity index (χ0) is 19.3. The monoisotopic (exact) mass is 378 g/mol. The quantitative estimate of drug-likeness (QED) is 0.510. The van der Waals surface area contributed by atoms with Crippen molar-refractivity contribution in [2.45, 2.75) is 0 Å². The maximum atomic E-state index is 12.1. The second kappa shape index (κ2) is 7.58. The molecule has 2 amide bonds. The van der Waals surface area contributed by atoms with Crippen molar-refractivity contribution in [3.05, 3.63) is 66.0 Å². The summed E-state index contributed by atoms with van der Waals surface area (Å²) >= 11 is 0. The normalized spacial score (nSPS) is 12.1. The number of hydrogen-bond donors (Lipinski definition) is 2. The summed E-state index contributed by atoms with van der Waals surface area (Å²) in [6, 6.07) is 11.9. The average Bonchev–Trinajstić information content (AvgIpc) is 3.42. The summed E-state index contributed by atoms with van der Waals surface area (Å²) in [7, 11) is 0. The molecule has 4 rings (SSSR count). The first-order chi connectivity index (χ1) is 13.7. The molecule has 0 fully saturated rings. The number of carbonyl (C=O) groups excluding carboxylic acids is 2. The highest BCUT2D eigenvalue weighted by Crippen LogP contribution is 2.32. The summed E-state index contributed by atoms with van der Waals surface area (Å²) in [4.78, 5) is 24.0. The SMILES string of the molecule is O=C(/C=C/c1ccc2c(c1)OCO2)NNC(=O)c1ccc(-n2cnnn2)cc1. The number of nitrogens with one attached hydrogen (secondary N) is 2. The van der Waals surface area contributed by atoms with Crippen LogP contribution in [0.25, 0.3) is 11.8 Å². The van der Waals surface area contributed by atoms with Gasteiger partial charge in [0.05, 0.1) is 5.69 Å². The van der Waals surface area contributed by atoms with Crippen LogP contribution in [0.2, 0.25) is 0 Å². The summed E-state index contributed by atoms with van der Waals surface area (Å²) in [5.41, 5.74) is 6.52. The van der Waals surface area contributed by atoms with Crippen LogP contribution in [-0.2, 0) is 4.79 Å². The molecule has 0 saturated heterocycles. The number of hydrazine groups is 1. The van der Waals surface area contributed by atoms with E-state index in [-0.39, 0.29) is 6.79 Å². The zero-order valence-electron chi connectivity index (χ0n) is 14.4. The standard InChI is InChI=1S/C18H14N6O4/c25-17(8-2-12-1-7-15-16(9-12)28-11-27-15)20-21-18(26)13-3-5-14(6-4-13)24-10-19-22-23-24/h1-10H,11H2,(H,20,25)(H,21,26)/b8-2+. The zero-order valence-corrected chi connectivity index (χ0v) is 14.4. The summed E-state index contributed by atoms with van der Waals surface area (Å²) < 4.78 is 12.0. The molecule has 140 valence electrons. The van der Waals surface area contributed by atoms with Gasteiger partial charge in [-0.2, -0.15) is 0 Å². The molecule has 0 spiro atoms. The smallest absolute Gasteiger partial charge is 0.269 e.